The lowest BCUT2D eigenvalue weighted by molar-refractivity contribution is -0.135. The summed E-state index contributed by atoms with van der Waals surface area (Å²) in [5, 5.41) is 8.99. The summed E-state index contributed by atoms with van der Waals surface area (Å²) >= 11 is 6.42. The van der Waals surface area contributed by atoms with Gasteiger partial charge in [-0.2, -0.15) is 0 Å². The van der Waals surface area contributed by atoms with E-state index in [9.17, 15) is 9.59 Å². The van der Waals surface area contributed by atoms with E-state index in [-0.39, 0.29) is 31.5 Å². The fourth-order valence-corrected chi connectivity index (χ4v) is 3.48. The van der Waals surface area contributed by atoms with Crippen molar-refractivity contribution in [2.75, 3.05) is 26.2 Å². The lowest BCUT2D eigenvalue weighted by Gasteiger charge is -2.22. The average molecular weight is 377 g/mol. The molecule has 7 heteroatoms. The van der Waals surface area contributed by atoms with E-state index in [1.807, 2.05) is 43.3 Å². The lowest BCUT2D eigenvalue weighted by atomic mass is 10.2. The first kappa shape index (κ1) is 19.4. The van der Waals surface area contributed by atoms with Crippen LogP contribution in [-0.4, -0.2) is 57.3 Å². The Morgan fingerprint density at radius 3 is 2.72 bits per heavy atom. The molecule has 0 saturated carbocycles. The largest absolute Gasteiger partial charge is 0.395 e. The fourth-order valence-electron chi connectivity index (χ4n) is 2.28. The SMILES string of the molecule is CCN(CCO)C(=O)CN1C(=O)C(=CC=Cc2ccccc2)SC1=S. The predicted molar refractivity (Wildman–Crippen MR) is 105 cm³/mol. The molecule has 0 aromatic heterocycles. The Morgan fingerprint density at radius 2 is 2.08 bits per heavy atom. The number of carbonyl (C=O) groups excluding carboxylic acids is 2. The van der Waals surface area contributed by atoms with Crippen LogP contribution < -0.4 is 0 Å². The zero-order valence-electron chi connectivity index (χ0n) is 13.9. The van der Waals surface area contributed by atoms with Crippen molar-refractivity contribution in [1.29, 1.82) is 0 Å². The van der Waals surface area contributed by atoms with Crippen molar-refractivity contribution in [1.82, 2.24) is 9.80 Å². The van der Waals surface area contributed by atoms with Crippen LogP contribution >= 0.6 is 24.0 Å². The summed E-state index contributed by atoms with van der Waals surface area (Å²) in [6.45, 7) is 2.34. The quantitative estimate of drug-likeness (QED) is 0.584. The van der Waals surface area contributed by atoms with Crippen LogP contribution in [0.15, 0.2) is 47.4 Å². The molecule has 1 aliphatic rings. The average Bonchev–Trinajstić information content (AvgIpc) is 2.88. The number of nitrogens with zero attached hydrogens (tertiary/aromatic N) is 2. The molecule has 0 bridgehead atoms. The number of hydrogen-bond donors (Lipinski definition) is 1. The molecule has 0 spiro atoms. The number of amides is 2. The topological polar surface area (TPSA) is 60.9 Å². The highest BCUT2D eigenvalue weighted by molar-refractivity contribution is 8.26. The second kappa shape index (κ2) is 9.50. The maximum absolute atomic E-state index is 12.5. The summed E-state index contributed by atoms with van der Waals surface area (Å²) in [6, 6.07) is 9.76. The molecule has 0 radical (unpaired) electrons. The van der Waals surface area contributed by atoms with Gasteiger partial charge in [0, 0.05) is 13.1 Å². The molecule has 2 amide bonds. The lowest BCUT2D eigenvalue weighted by Crippen LogP contribution is -2.43. The molecule has 1 saturated heterocycles. The number of thioether (sulfide) groups is 1. The van der Waals surface area contributed by atoms with Crippen molar-refractivity contribution in [3.05, 3.63) is 53.0 Å². The second-order valence-electron chi connectivity index (χ2n) is 5.26. The first-order valence-corrected chi connectivity index (χ1v) is 9.15. The summed E-state index contributed by atoms with van der Waals surface area (Å²) in [5.74, 6) is -0.491. The minimum absolute atomic E-state index is 0.0990. The highest BCUT2D eigenvalue weighted by atomic mass is 32.2. The van der Waals surface area contributed by atoms with Crippen LogP contribution in [0.2, 0.25) is 0 Å². The Labute approximate surface area is 157 Å². The molecule has 2 rings (SSSR count). The molecule has 1 heterocycles. The van der Waals surface area contributed by atoms with E-state index >= 15 is 0 Å². The molecular formula is C18H20N2O3S2. The van der Waals surface area contributed by atoms with E-state index in [1.165, 1.54) is 21.6 Å². The molecule has 0 unspecified atom stereocenters. The van der Waals surface area contributed by atoms with Gasteiger partial charge in [-0.3, -0.25) is 14.5 Å². The van der Waals surface area contributed by atoms with Crippen molar-refractivity contribution in [2.24, 2.45) is 0 Å². The molecule has 1 aromatic rings. The van der Waals surface area contributed by atoms with Crippen LogP contribution in [0.25, 0.3) is 6.08 Å². The smallest absolute Gasteiger partial charge is 0.266 e. The summed E-state index contributed by atoms with van der Waals surface area (Å²) in [6.07, 6.45) is 5.41. The number of hydrogen-bond acceptors (Lipinski definition) is 5. The van der Waals surface area contributed by atoms with Gasteiger partial charge in [-0.25, -0.2) is 0 Å². The number of aliphatic hydroxyl groups excluding tert-OH is 1. The molecule has 25 heavy (non-hydrogen) atoms. The number of allylic oxidation sites excluding steroid dienone is 2. The van der Waals surface area contributed by atoms with Gasteiger partial charge in [-0.15, -0.1) is 0 Å². The van der Waals surface area contributed by atoms with Crippen molar-refractivity contribution >= 4 is 46.2 Å². The number of benzene rings is 1. The number of carbonyl (C=O) groups is 2. The van der Waals surface area contributed by atoms with Gasteiger partial charge in [0.15, 0.2) is 0 Å². The van der Waals surface area contributed by atoms with E-state index in [2.05, 4.69) is 0 Å². The highest BCUT2D eigenvalue weighted by Crippen LogP contribution is 2.30. The molecule has 0 aliphatic carbocycles. The predicted octanol–water partition coefficient (Wildman–Crippen LogP) is 2.28. The molecule has 1 aliphatic heterocycles. The van der Waals surface area contributed by atoms with Crippen LogP contribution in [0.4, 0.5) is 0 Å². The third-order valence-corrected chi connectivity index (χ3v) is 5.00. The van der Waals surface area contributed by atoms with Crippen LogP contribution in [-0.2, 0) is 9.59 Å². The van der Waals surface area contributed by atoms with Gasteiger partial charge in [-0.1, -0.05) is 66.5 Å². The van der Waals surface area contributed by atoms with Gasteiger partial charge >= 0.3 is 0 Å². The molecular weight excluding hydrogens is 356 g/mol. The van der Waals surface area contributed by atoms with Crippen molar-refractivity contribution in [2.45, 2.75) is 6.92 Å². The monoisotopic (exact) mass is 376 g/mol. The first-order chi connectivity index (χ1) is 12.1. The Bertz CT molecular complexity index is 702. The number of aliphatic hydroxyl groups is 1. The van der Waals surface area contributed by atoms with Crippen LogP contribution in [0, 0.1) is 0 Å². The van der Waals surface area contributed by atoms with Crippen LogP contribution in [0.1, 0.15) is 12.5 Å². The van der Waals surface area contributed by atoms with Crippen molar-refractivity contribution in [3.8, 4) is 0 Å². The van der Waals surface area contributed by atoms with E-state index in [0.717, 1.165) is 5.56 Å². The summed E-state index contributed by atoms with van der Waals surface area (Å²) in [7, 11) is 0. The second-order valence-corrected chi connectivity index (χ2v) is 6.93. The standard InChI is InChI=1S/C18H20N2O3S2/c1-2-19(11-12-21)16(22)13-20-17(23)15(25-18(20)24)10-6-9-14-7-4-3-5-8-14/h3-10,21H,2,11-13H2,1H3. The number of rotatable bonds is 7. The maximum Gasteiger partial charge on any atom is 0.266 e. The first-order valence-electron chi connectivity index (χ1n) is 7.92. The van der Waals surface area contributed by atoms with E-state index in [4.69, 9.17) is 17.3 Å². The van der Waals surface area contributed by atoms with E-state index < -0.39 is 0 Å². The molecule has 1 N–H and O–H groups in total. The van der Waals surface area contributed by atoms with Crippen LogP contribution in [0.3, 0.4) is 0 Å². The van der Waals surface area contributed by atoms with Gasteiger partial charge in [0.2, 0.25) is 5.91 Å². The third kappa shape index (κ3) is 5.26. The Balaban J connectivity index is 2.03. The third-order valence-electron chi connectivity index (χ3n) is 3.61. The van der Waals surface area contributed by atoms with Crippen molar-refractivity contribution < 1.29 is 14.7 Å². The zero-order valence-corrected chi connectivity index (χ0v) is 15.6. The summed E-state index contributed by atoms with van der Waals surface area (Å²) < 4.78 is 0.373. The normalized spacial score (nSPS) is 16.2. The number of likely N-dealkylation sites (N-methyl/N-ethyl adjacent to an activating group) is 1. The van der Waals surface area contributed by atoms with E-state index in [1.54, 1.807) is 12.2 Å². The Morgan fingerprint density at radius 1 is 1.36 bits per heavy atom. The molecule has 1 fully saturated rings. The number of thiocarbonyl (C=S) groups is 1. The van der Waals surface area contributed by atoms with Crippen LogP contribution in [0.5, 0.6) is 0 Å². The minimum atomic E-state index is -0.263. The molecule has 1 aromatic carbocycles. The Kier molecular flexibility index (Phi) is 7.36. The summed E-state index contributed by atoms with van der Waals surface area (Å²) in [5.41, 5.74) is 1.03. The molecule has 0 atom stereocenters. The zero-order chi connectivity index (χ0) is 18.2. The Hall–Kier alpha value is -1.96. The minimum Gasteiger partial charge on any atom is -0.395 e. The molecule has 132 valence electrons. The van der Waals surface area contributed by atoms with Crippen molar-refractivity contribution in [3.63, 3.8) is 0 Å². The maximum atomic E-state index is 12.5. The fraction of sp³-hybridized carbons (Fsp3) is 0.278. The van der Waals surface area contributed by atoms with Gasteiger partial charge in [-0.05, 0) is 18.6 Å². The van der Waals surface area contributed by atoms with Gasteiger partial charge in [0.1, 0.15) is 10.9 Å². The summed E-state index contributed by atoms with van der Waals surface area (Å²) in [4.78, 5) is 28.0. The van der Waals surface area contributed by atoms with Gasteiger partial charge in [0.05, 0.1) is 11.5 Å². The van der Waals surface area contributed by atoms with Gasteiger partial charge < -0.3 is 10.0 Å². The molecule has 5 nitrogen and oxygen atoms in total. The highest BCUT2D eigenvalue weighted by Gasteiger charge is 2.33. The van der Waals surface area contributed by atoms with Gasteiger partial charge in [0.25, 0.3) is 5.91 Å². The van der Waals surface area contributed by atoms with E-state index in [0.29, 0.717) is 15.8 Å².